The molecule has 1 heterocycles. The first kappa shape index (κ1) is 19.1. The van der Waals surface area contributed by atoms with Crippen LogP contribution < -0.4 is 10.7 Å². The molecule has 0 saturated carbocycles. The molecule has 0 bridgehead atoms. The first-order chi connectivity index (χ1) is 12.5. The van der Waals surface area contributed by atoms with Gasteiger partial charge < -0.3 is 5.32 Å². The zero-order valence-electron chi connectivity index (χ0n) is 13.8. The fourth-order valence-corrected chi connectivity index (χ4v) is 2.58. The fourth-order valence-electron chi connectivity index (χ4n) is 1.82. The Morgan fingerprint density at radius 1 is 1.27 bits per heavy atom. The molecule has 2 amide bonds. The van der Waals surface area contributed by atoms with Crippen LogP contribution in [0.25, 0.3) is 0 Å². The largest absolute Gasteiger partial charge is 0.301 e. The van der Waals surface area contributed by atoms with Crippen molar-refractivity contribution in [2.45, 2.75) is 26.2 Å². The standard InChI is InChI=1S/C15H16N6O4S/c1-2-3-12(22)17-15-20-19-14(26-15)8-13(23)18-16-9-10-4-6-11(7-5-10)21(24)25/h4-7,9H,2-3,8H2,1H3,(H,18,23)(H,17,20,22)/b16-9+. The summed E-state index contributed by atoms with van der Waals surface area (Å²) in [5.41, 5.74) is 2.92. The van der Waals surface area contributed by atoms with Crippen molar-refractivity contribution in [3.8, 4) is 0 Å². The van der Waals surface area contributed by atoms with E-state index in [1.54, 1.807) is 0 Å². The highest BCUT2D eigenvalue weighted by molar-refractivity contribution is 7.15. The second-order valence-electron chi connectivity index (χ2n) is 5.12. The quantitative estimate of drug-likeness (QED) is 0.409. The molecular formula is C15H16N6O4S. The molecule has 0 aliphatic rings. The molecule has 0 atom stereocenters. The van der Waals surface area contributed by atoms with Gasteiger partial charge in [-0.1, -0.05) is 18.3 Å². The van der Waals surface area contributed by atoms with Gasteiger partial charge in [0.1, 0.15) is 5.01 Å². The molecule has 1 aromatic heterocycles. The smallest absolute Gasteiger partial charge is 0.269 e. The zero-order valence-corrected chi connectivity index (χ0v) is 14.7. The van der Waals surface area contributed by atoms with E-state index < -0.39 is 10.8 Å². The van der Waals surface area contributed by atoms with Crippen LogP contribution >= 0.6 is 11.3 Å². The van der Waals surface area contributed by atoms with Crippen LogP contribution in [-0.4, -0.2) is 33.1 Å². The van der Waals surface area contributed by atoms with E-state index in [0.717, 1.165) is 17.8 Å². The molecule has 2 aromatic rings. The van der Waals surface area contributed by atoms with Crippen LogP contribution in [0.2, 0.25) is 0 Å². The molecule has 0 saturated heterocycles. The van der Waals surface area contributed by atoms with Crippen molar-refractivity contribution in [3.63, 3.8) is 0 Å². The lowest BCUT2D eigenvalue weighted by Crippen LogP contribution is -2.19. The Labute approximate surface area is 152 Å². The molecule has 136 valence electrons. The molecule has 0 spiro atoms. The SMILES string of the molecule is CCCC(=O)Nc1nnc(CC(=O)N/N=C/c2ccc([N+](=O)[O-])cc2)s1. The second kappa shape index (κ2) is 9.32. The zero-order chi connectivity index (χ0) is 18.9. The maximum absolute atomic E-state index is 11.8. The number of non-ortho nitro benzene ring substituents is 1. The highest BCUT2D eigenvalue weighted by Crippen LogP contribution is 2.16. The number of nitro benzene ring substituents is 1. The molecule has 10 nitrogen and oxygen atoms in total. The Hall–Kier alpha value is -3.21. The van der Waals surface area contributed by atoms with E-state index in [-0.39, 0.29) is 18.0 Å². The predicted molar refractivity (Wildman–Crippen MR) is 96.0 cm³/mol. The van der Waals surface area contributed by atoms with Gasteiger partial charge in [0, 0.05) is 18.6 Å². The van der Waals surface area contributed by atoms with Crippen LogP contribution in [0.1, 0.15) is 30.3 Å². The lowest BCUT2D eigenvalue weighted by atomic mass is 10.2. The summed E-state index contributed by atoms with van der Waals surface area (Å²) in [7, 11) is 0. The molecule has 0 fully saturated rings. The summed E-state index contributed by atoms with van der Waals surface area (Å²) in [5.74, 6) is -0.543. The van der Waals surface area contributed by atoms with Crippen molar-refractivity contribution < 1.29 is 14.5 Å². The van der Waals surface area contributed by atoms with Crippen molar-refractivity contribution in [3.05, 3.63) is 45.0 Å². The number of benzene rings is 1. The van der Waals surface area contributed by atoms with Crippen LogP contribution in [-0.2, 0) is 16.0 Å². The van der Waals surface area contributed by atoms with Crippen molar-refractivity contribution in [1.29, 1.82) is 0 Å². The lowest BCUT2D eigenvalue weighted by molar-refractivity contribution is -0.384. The van der Waals surface area contributed by atoms with Crippen molar-refractivity contribution in [1.82, 2.24) is 15.6 Å². The van der Waals surface area contributed by atoms with E-state index in [2.05, 4.69) is 26.0 Å². The van der Waals surface area contributed by atoms with Gasteiger partial charge in [0.15, 0.2) is 0 Å². The summed E-state index contributed by atoms with van der Waals surface area (Å²) >= 11 is 1.12. The first-order valence-electron chi connectivity index (χ1n) is 7.66. The Bertz CT molecular complexity index is 818. The Kier molecular flexibility index (Phi) is 6.85. The summed E-state index contributed by atoms with van der Waals surface area (Å²) in [6, 6.07) is 5.73. The minimum Gasteiger partial charge on any atom is -0.301 e. The number of hydrogen-bond acceptors (Lipinski definition) is 8. The Morgan fingerprint density at radius 2 is 2.00 bits per heavy atom. The van der Waals surface area contributed by atoms with Crippen molar-refractivity contribution in [2.24, 2.45) is 5.10 Å². The summed E-state index contributed by atoms with van der Waals surface area (Å²) in [6.45, 7) is 1.90. The Balaban J connectivity index is 1.82. The van der Waals surface area contributed by atoms with E-state index in [0.29, 0.717) is 22.1 Å². The number of anilines is 1. The summed E-state index contributed by atoms with van der Waals surface area (Å²) in [5, 5.41) is 25.4. The number of nitrogens with one attached hydrogen (secondary N) is 2. The topological polar surface area (TPSA) is 139 Å². The molecule has 0 unspecified atom stereocenters. The number of hydrogen-bond donors (Lipinski definition) is 2. The van der Waals surface area contributed by atoms with Crippen LogP contribution in [0.15, 0.2) is 29.4 Å². The molecule has 0 aliphatic heterocycles. The number of carbonyl (C=O) groups excluding carboxylic acids is 2. The van der Waals surface area contributed by atoms with Gasteiger partial charge in [-0.25, -0.2) is 5.43 Å². The number of nitro groups is 1. The molecule has 2 rings (SSSR count). The van der Waals surface area contributed by atoms with Gasteiger partial charge in [0.05, 0.1) is 17.6 Å². The maximum atomic E-state index is 11.8. The number of hydrazone groups is 1. The van der Waals surface area contributed by atoms with E-state index in [1.807, 2.05) is 6.92 Å². The number of nitrogens with zero attached hydrogens (tertiary/aromatic N) is 4. The van der Waals surface area contributed by atoms with E-state index in [1.165, 1.54) is 30.5 Å². The van der Waals surface area contributed by atoms with Gasteiger partial charge in [-0.05, 0) is 24.1 Å². The molecule has 1 aromatic carbocycles. The normalized spacial score (nSPS) is 10.7. The van der Waals surface area contributed by atoms with Gasteiger partial charge in [-0.2, -0.15) is 5.10 Å². The second-order valence-corrected chi connectivity index (χ2v) is 6.18. The summed E-state index contributed by atoms with van der Waals surface area (Å²) in [6.07, 6.45) is 2.47. The lowest BCUT2D eigenvalue weighted by Gasteiger charge is -1.97. The average molecular weight is 376 g/mol. The van der Waals surface area contributed by atoms with Crippen LogP contribution in [0, 0.1) is 10.1 Å². The summed E-state index contributed by atoms with van der Waals surface area (Å²) < 4.78 is 0. The van der Waals surface area contributed by atoms with Crippen molar-refractivity contribution >= 4 is 40.2 Å². The first-order valence-corrected chi connectivity index (χ1v) is 8.48. The third-order valence-electron chi connectivity index (χ3n) is 3.01. The van der Waals surface area contributed by atoms with Gasteiger partial charge >= 0.3 is 0 Å². The van der Waals surface area contributed by atoms with Crippen LogP contribution in [0.4, 0.5) is 10.8 Å². The maximum Gasteiger partial charge on any atom is 0.269 e. The number of aromatic nitrogens is 2. The molecule has 2 N–H and O–H groups in total. The van der Waals surface area contributed by atoms with Crippen molar-refractivity contribution in [2.75, 3.05) is 5.32 Å². The predicted octanol–water partition coefficient (Wildman–Crippen LogP) is 1.88. The molecule has 0 aliphatic carbocycles. The highest BCUT2D eigenvalue weighted by Gasteiger charge is 2.10. The molecule has 26 heavy (non-hydrogen) atoms. The van der Waals surface area contributed by atoms with Crippen LogP contribution in [0.3, 0.4) is 0 Å². The fraction of sp³-hybridized carbons (Fsp3) is 0.267. The number of carbonyl (C=O) groups is 2. The molecular weight excluding hydrogens is 360 g/mol. The van der Waals surface area contributed by atoms with Gasteiger partial charge in [0.25, 0.3) is 5.69 Å². The molecule has 11 heteroatoms. The minimum atomic E-state index is -0.496. The van der Waals surface area contributed by atoms with Gasteiger partial charge in [-0.3, -0.25) is 19.7 Å². The third kappa shape index (κ3) is 6.02. The van der Waals surface area contributed by atoms with Gasteiger partial charge in [-0.15, -0.1) is 10.2 Å². The average Bonchev–Trinajstić information content (AvgIpc) is 3.02. The summed E-state index contributed by atoms with van der Waals surface area (Å²) in [4.78, 5) is 33.4. The number of amides is 2. The monoisotopic (exact) mass is 376 g/mol. The minimum absolute atomic E-state index is 0.0238. The van der Waals surface area contributed by atoms with Gasteiger partial charge in [0.2, 0.25) is 16.9 Å². The Morgan fingerprint density at radius 3 is 2.65 bits per heavy atom. The van der Waals surface area contributed by atoms with E-state index in [4.69, 9.17) is 0 Å². The van der Waals surface area contributed by atoms with E-state index >= 15 is 0 Å². The van der Waals surface area contributed by atoms with E-state index in [9.17, 15) is 19.7 Å². The van der Waals surface area contributed by atoms with Crippen LogP contribution in [0.5, 0.6) is 0 Å². The molecule has 0 radical (unpaired) electrons. The highest BCUT2D eigenvalue weighted by atomic mass is 32.1. The third-order valence-corrected chi connectivity index (χ3v) is 3.85. The number of rotatable bonds is 8.